The van der Waals surface area contributed by atoms with E-state index in [1.807, 2.05) is 24.3 Å². The second-order valence-corrected chi connectivity index (χ2v) is 29.2. The smallest absolute Gasteiger partial charge is 0.135 e. The molecule has 2 aromatic heterocycles. The molecule has 4 nitrogen and oxygen atoms in total. The standard InChI is InChI=1S/C100H70N2O2/c1-99(2)91-59-75(63-16-6-5-7-17-63)35-48-83(91)85-50-46-81(61-93(85)99)101(78-41-30-66(31-42-78)73-37-52-97-89(57-73)87-24-10-12-26-95(87)103-97)77-39-28-65(29-40-77)68-20-14-21-69(54-68)70-22-15-23-71(55-70)76-36-49-84-86-51-47-82(62-94(86)100(3,4)92(84)60-76)102(80-45-34-64-18-8-9-19-72(64)56-80)79-43-32-67(33-44-79)74-38-53-98-90(58-74)88-25-11-13-27-96(88)104-98/h5-62H,1-4H3. The molecule has 0 aliphatic heterocycles. The maximum absolute atomic E-state index is 6.23. The van der Waals surface area contributed by atoms with Crippen molar-refractivity contribution in [3.63, 3.8) is 0 Å². The molecule has 0 saturated heterocycles. The van der Waals surface area contributed by atoms with Gasteiger partial charge in [0.1, 0.15) is 22.3 Å². The maximum atomic E-state index is 6.23. The van der Waals surface area contributed by atoms with Gasteiger partial charge >= 0.3 is 0 Å². The highest BCUT2D eigenvalue weighted by molar-refractivity contribution is 6.08. The van der Waals surface area contributed by atoms with E-state index in [4.69, 9.17) is 8.83 Å². The van der Waals surface area contributed by atoms with E-state index in [0.717, 1.165) is 111 Å². The monoisotopic (exact) mass is 1330 g/mol. The topological polar surface area (TPSA) is 32.8 Å². The summed E-state index contributed by atoms with van der Waals surface area (Å²) in [5.74, 6) is 0. The van der Waals surface area contributed by atoms with Gasteiger partial charge in [0, 0.05) is 66.5 Å². The van der Waals surface area contributed by atoms with Crippen molar-refractivity contribution in [2.45, 2.75) is 38.5 Å². The Labute approximate surface area is 605 Å². The number of hydrogen-bond donors (Lipinski definition) is 0. The number of nitrogens with zero attached hydrogens (tertiary/aromatic N) is 2. The predicted octanol–water partition coefficient (Wildman–Crippen LogP) is 28.2. The number of para-hydroxylation sites is 2. The number of hydrogen-bond acceptors (Lipinski definition) is 4. The fourth-order valence-electron chi connectivity index (χ4n) is 16.9. The molecule has 0 saturated carbocycles. The van der Waals surface area contributed by atoms with E-state index < -0.39 is 0 Å². The van der Waals surface area contributed by atoms with Gasteiger partial charge in [-0.25, -0.2) is 0 Å². The number of rotatable bonds is 12. The molecule has 4 heteroatoms. The van der Waals surface area contributed by atoms with Gasteiger partial charge in [-0.05, 0) is 256 Å². The van der Waals surface area contributed by atoms with Crippen molar-refractivity contribution in [1.82, 2.24) is 0 Å². The molecule has 0 spiro atoms. The summed E-state index contributed by atoms with van der Waals surface area (Å²) in [5, 5.41) is 6.93. The van der Waals surface area contributed by atoms with Crippen LogP contribution in [0.25, 0.3) is 144 Å². The molecular formula is C100H70N2O2. The molecule has 2 aliphatic carbocycles. The third-order valence-electron chi connectivity index (χ3n) is 22.5. The number of furan rings is 2. The lowest BCUT2D eigenvalue weighted by Gasteiger charge is -2.28. The van der Waals surface area contributed by atoms with Crippen molar-refractivity contribution in [1.29, 1.82) is 0 Å². The highest BCUT2D eigenvalue weighted by Gasteiger charge is 2.38. The molecule has 0 bridgehead atoms. The zero-order valence-corrected chi connectivity index (χ0v) is 58.2. The Morgan fingerprint density at radius 1 is 0.192 bits per heavy atom. The van der Waals surface area contributed by atoms with Crippen molar-refractivity contribution in [3.8, 4) is 89.0 Å². The van der Waals surface area contributed by atoms with Crippen LogP contribution in [0.4, 0.5) is 34.1 Å². The predicted molar refractivity (Wildman–Crippen MR) is 436 cm³/mol. The third kappa shape index (κ3) is 10.1. The average Bonchev–Trinajstić information content (AvgIpc) is 1.58. The summed E-state index contributed by atoms with van der Waals surface area (Å²) >= 11 is 0. The Balaban J connectivity index is 0.598. The summed E-state index contributed by atoms with van der Waals surface area (Å²) in [6, 6.07) is 129. The molecule has 0 unspecified atom stereocenters. The highest BCUT2D eigenvalue weighted by Crippen LogP contribution is 2.54. The second kappa shape index (κ2) is 23.8. The maximum Gasteiger partial charge on any atom is 0.135 e. The largest absolute Gasteiger partial charge is 0.456 e. The molecule has 20 rings (SSSR count). The van der Waals surface area contributed by atoms with Crippen molar-refractivity contribution < 1.29 is 8.83 Å². The quantitative estimate of drug-likeness (QED) is 0.122. The van der Waals surface area contributed by atoms with E-state index in [0.29, 0.717) is 0 Å². The lowest BCUT2D eigenvalue weighted by molar-refractivity contribution is 0.660. The Hall–Kier alpha value is -13.0. The first-order chi connectivity index (χ1) is 51.0. The van der Waals surface area contributed by atoms with Crippen molar-refractivity contribution in [2.75, 3.05) is 9.80 Å². The first-order valence-electron chi connectivity index (χ1n) is 36.1. The van der Waals surface area contributed by atoms with Gasteiger partial charge < -0.3 is 18.6 Å². The summed E-state index contributed by atoms with van der Waals surface area (Å²) in [7, 11) is 0. The minimum atomic E-state index is -0.277. The van der Waals surface area contributed by atoms with Gasteiger partial charge in [0.25, 0.3) is 0 Å². The average molecular weight is 1330 g/mol. The van der Waals surface area contributed by atoms with Gasteiger partial charge in [-0.15, -0.1) is 0 Å². The highest BCUT2D eigenvalue weighted by atomic mass is 16.3. The summed E-state index contributed by atoms with van der Waals surface area (Å²) < 4.78 is 12.4. The normalized spacial score (nSPS) is 13.2. The van der Waals surface area contributed by atoms with Crippen LogP contribution in [0.2, 0.25) is 0 Å². The molecule has 18 aromatic rings. The van der Waals surface area contributed by atoms with Crippen LogP contribution in [0.3, 0.4) is 0 Å². The van der Waals surface area contributed by atoms with Crippen LogP contribution in [-0.4, -0.2) is 0 Å². The van der Waals surface area contributed by atoms with E-state index in [1.54, 1.807) is 0 Å². The molecule has 0 atom stereocenters. The molecular weight excluding hydrogens is 1260 g/mol. The van der Waals surface area contributed by atoms with Gasteiger partial charge in [-0.2, -0.15) is 0 Å². The molecule has 104 heavy (non-hydrogen) atoms. The van der Waals surface area contributed by atoms with E-state index in [9.17, 15) is 0 Å². The number of benzene rings is 16. The molecule has 2 heterocycles. The van der Waals surface area contributed by atoms with E-state index >= 15 is 0 Å². The summed E-state index contributed by atoms with van der Waals surface area (Å²) in [6.45, 7) is 9.54. The van der Waals surface area contributed by atoms with Gasteiger partial charge in [0.2, 0.25) is 0 Å². The Kier molecular flexibility index (Phi) is 13.9. The van der Waals surface area contributed by atoms with E-state index in [2.05, 4.69) is 365 Å². The van der Waals surface area contributed by atoms with Crippen LogP contribution < -0.4 is 9.80 Å². The van der Waals surface area contributed by atoms with Crippen LogP contribution in [0.5, 0.6) is 0 Å². The van der Waals surface area contributed by atoms with Gasteiger partial charge in [-0.1, -0.05) is 246 Å². The Morgan fingerprint density at radius 2 is 0.490 bits per heavy atom. The first-order valence-corrected chi connectivity index (χ1v) is 36.1. The van der Waals surface area contributed by atoms with Crippen molar-refractivity contribution >= 4 is 88.8 Å². The van der Waals surface area contributed by atoms with Crippen LogP contribution in [-0.2, 0) is 10.8 Å². The minimum absolute atomic E-state index is 0.224. The summed E-state index contributed by atoms with van der Waals surface area (Å²) in [6.07, 6.45) is 0. The molecule has 0 radical (unpaired) electrons. The van der Waals surface area contributed by atoms with Crippen LogP contribution in [0, 0.1) is 0 Å². The van der Waals surface area contributed by atoms with Crippen molar-refractivity contribution in [3.05, 3.63) is 374 Å². The Morgan fingerprint density at radius 3 is 0.971 bits per heavy atom. The minimum Gasteiger partial charge on any atom is -0.456 e. The Bertz CT molecular complexity index is 6470. The zero-order chi connectivity index (χ0) is 69.4. The summed E-state index contributed by atoms with van der Waals surface area (Å²) in [5.41, 5.74) is 34.3. The SMILES string of the molecule is CC1(C)c2cc(-c3ccccc3)ccc2-c2ccc(N(c3ccc(-c4cccc(-c5cccc(-c6ccc7c(c6)C(C)(C)c6cc(N(c8ccc(-c9ccc%10oc%11ccccc%11c%10c9)cc8)c8ccc9ccccc9c8)ccc6-7)c5)c4)cc3)c3ccc(-c4ccc5oc6ccccc6c5c4)cc3)cc21. The number of anilines is 6. The zero-order valence-electron chi connectivity index (χ0n) is 58.2. The van der Waals surface area contributed by atoms with Crippen LogP contribution in [0.15, 0.2) is 361 Å². The molecule has 0 amide bonds. The molecule has 492 valence electrons. The van der Waals surface area contributed by atoms with E-state index in [-0.39, 0.29) is 10.8 Å². The molecule has 0 fully saturated rings. The summed E-state index contributed by atoms with van der Waals surface area (Å²) in [4.78, 5) is 4.84. The van der Waals surface area contributed by atoms with Gasteiger partial charge in [-0.3, -0.25) is 0 Å². The first kappa shape index (κ1) is 60.9. The van der Waals surface area contributed by atoms with Crippen LogP contribution >= 0.6 is 0 Å². The number of fused-ring (bicyclic) bond motifs is 13. The van der Waals surface area contributed by atoms with Crippen LogP contribution in [0.1, 0.15) is 49.9 Å². The molecule has 0 N–H and O–H groups in total. The molecule has 2 aliphatic rings. The lowest BCUT2D eigenvalue weighted by atomic mass is 9.81. The van der Waals surface area contributed by atoms with Crippen molar-refractivity contribution in [2.24, 2.45) is 0 Å². The third-order valence-corrected chi connectivity index (χ3v) is 22.5. The molecule has 16 aromatic carbocycles. The van der Waals surface area contributed by atoms with E-state index in [1.165, 1.54) is 88.7 Å². The fraction of sp³-hybridized carbons (Fsp3) is 0.0600. The fourth-order valence-corrected chi connectivity index (χ4v) is 16.9. The lowest BCUT2D eigenvalue weighted by Crippen LogP contribution is -2.16. The van der Waals surface area contributed by atoms with Gasteiger partial charge in [0.15, 0.2) is 0 Å². The second-order valence-electron chi connectivity index (χ2n) is 29.2. The van der Waals surface area contributed by atoms with Gasteiger partial charge in [0.05, 0.1) is 0 Å².